The van der Waals surface area contributed by atoms with E-state index in [1.54, 1.807) is 6.07 Å². The van der Waals surface area contributed by atoms with Crippen LogP contribution in [0.3, 0.4) is 0 Å². The number of aryl methyl sites for hydroxylation is 2. The van der Waals surface area contributed by atoms with Crippen LogP contribution in [0.4, 0.5) is 15.8 Å². The Morgan fingerprint density at radius 1 is 1.32 bits per heavy atom. The molecule has 0 bridgehead atoms. The molecule has 1 amide bonds. The van der Waals surface area contributed by atoms with Gasteiger partial charge in [-0.2, -0.15) is 0 Å². The number of rotatable bonds is 2. The van der Waals surface area contributed by atoms with Crippen LogP contribution in [0.5, 0.6) is 0 Å². The van der Waals surface area contributed by atoms with Crippen molar-refractivity contribution in [3.05, 3.63) is 45.4 Å². The van der Waals surface area contributed by atoms with Crippen molar-refractivity contribution in [3.63, 3.8) is 0 Å². The van der Waals surface area contributed by atoms with Crippen LogP contribution in [-0.2, 0) is 12.8 Å². The van der Waals surface area contributed by atoms with Crippen LogP contribution < -0.4 is 11.1 Å². The molecule has 1 aliphatic carbocycles. The van der Waals surface area contributed by atoms with E-state index in [0.29, 0.717) is 10.6 Å². The van der Waals surface area contributed by atoms with Crippen LogP contribution in [0.15, 0.2) is 24.3 Å². The summed E-state index contributed by atoms with van der Waals surface area (Å²) in [5.74, 6) is -0.713. The highest BCUT2D eigenvalue weighted by Crippen LogP contribution is 2.31. The lowest BCUT2D eigenvalue weighted by Gasteiger charge is -2.04. The summed E-state index contributed by atoms with van der Waals surface area (Å²) in [4.78, 5) is 14.0. The standard InChI is InChI=1S/C14H13FN2OS/c15-10-7-9(4-5-11(10)16)17-14(18)13-6-8-2-1-3-12(8)19-13/h4-7H,1-3,16H2,(H,17,18). The number of nitrogens with one attached hydrogen (secondary N) is 1. The zero-order valence-electron chi connectivity index (χ0n) is 10.2. The fraction of sp³-hybridized carbons (Fsp3) is 0.214. The normalized spacial score (nSPS) is 13.3. The van der Waals surface area contributed by atoms with E-state index in [0.717, 1.165) is 12.8 Å². The van der Waals surface area contributed by atoms with Crippen LogP contribution in [0.25, 0.3) is 0 Å². The van der Waals surface area contributed by atoms with Gasteiger partial charge in [-0.05, 0) is 49.1 Å². The topological polar surface area (TPSA) is 55.1 Å². The van der Waals surface area contributed by atoms with Gasteiger partial charge < -0.3 is 11.1 Å². The van der Waals surface area contributed by atoms with Gasteiger partial charge in [0.25, 0.3) is 5.91 Å². The molecule has 5 heteroatoms. The van der Waals surface area contributed by atoms with Gasteiger partial charge in [0.1, 0.15) is 5.82 Å². The number of hydrogen-bond acceptors (Lipinski definition) is 3. The summed E-state index contributed by atoms with van der Waals surface area (Å²) in [5.41, 5.74) is 7.17. The Morgan fingerprint density at radius 2 is 2.16 bits per heavy atom. The van der Waals surface area contributed by atoms with E-state index in [2.05, 4.69) is 5.32 Å². The Hall–Kier alpha value is -1.88. The third-order valence-electron chi connectivity index (χ3n) is 3.23. The van der Waals surface area contributed by atoms with Gasteiger partial charge in [-0.15, -0.1) is 11.3 Å². The minimum Gasteiger partial charge on any atom is -0.396 e. The molecule has 0 saturated carbocycles. The van der Waals surface area contributed by atoms with Gasteiger partial charge in [-0.1, -0.05) is 0 Å². The molecule has 0 atom stereocenters. The first-order valence-electron chi connectivity index (χ1n) is 6.11. The predicted octanol–water partition coefficient (Wildman–Crippen LogP) is 3.21. The summed E-state index contributed by atoms with van der Waals surface area (Å²) in [6.07, 6.45) is 3.28. The van der Waals surface area contributed by atoms with Crippen molar-refractivity contribution in [1.82, 2.24) is 0 Å². The highest BCUT2D eigenvalue weighted by molar-refractivity contribution is 7.14. The minimum atomic E-state index is -0.522. The number of nitrogen functional groups attached to an aromatic ring is 1. The molecule has 1 aromatic heterocycles. The maximum atomic E-state index is 13.3. The lowest BCUT2D eigenvalue weighted by molar-refractivity contribution is 0.103. The molecule has 0 unspecified atom stereocenters. The zero-order chi connectivity index (χ0) is 13.4. The van der Waals surface area contributed by atoms with Crippen molar-refractivity contribution in [2.75, 3.05) is 11.1 Å². The van der Waals surface area contributed by atoms with Crippen LogP contribution in [0.1, 0.15) is 26.5 Å². The molecule has 2 aromatic rings. The second-order valence-electron chi connectivity index (χ2n) is 4.60. The number of hydrogen-bond donors (Lipinski definition) is 2. The maximum absolute atomic E-state index is 13.3. The predicted molar refractivity (Wildman–Crippen MR) is 75.1 cm³/mol. The maximum Gasteiger partial charge on any atom is 0.265 e. The van der Waals surface area contributed by atoms with Crippen LogP contribution >= 0.6 is 11.3 Å². The second-order valence-corrected chi connectivity index (χ2v) is 5.74. The Labute approximate surface area is 114 Å². The van der Waals surface area contributed by atoms with E-state index in [4.69, 9.17) is 5.73 Å². The van der Waals surface area contributed by atoms with Gasteiger partial charge in [-0.25, -0.2) is 4.39 Å². The molecule has 3 nitrogen and oxygen atoms in total. The van der Waals surface area contributed by atoms with Crippen LogP contribution in [-0.4, -0.2) is 5.91 Å². The Kier molecular flexibility index (Phi) is 2.98. The molecule has 19 heavy (non-hydrogen) atoms. The van der Waals surface area contributed by atoms with Gasteiger partial charge in [0.05, 0.1) is 10.6 Å². The van der Waals surface area contributed by atoms with Crippen molar-refractivity contribution in [3.8, 4) is 0 Å². The summed E-state index contributed by atoms with van der Waals surface area (Å²) >= 11 is 1.53. The summed E-state index contributed by atoms with van der Waals surface area (Å²) in [6.45, 7) is 0. The summed E-state index contributed by atoms with van der Waals surface area (Å²) in [7, 11) is 0. The van der Waals surface area contributed by atoms with Crippen LogP contribution in [0.2, 0.25) is 0 Å². The number of nitrogens with two attached hydrogens (primary N) is 1. The average Bonchev–Trinajstić information content (AvgIpc) is 2.94. The van der Waals surface area contributed by atoms with Crippen molar-refractivity contribution >= 4 is 28.6 Å². The first-order chi connectivity index (χ1) is 9.13. The average molecular weight is 276 g/mol. The number of thiophene rings is 1. The number of fused-ring (bicyclic) bond motifs is 1. The smallest absolute Gasteiger partial charge is 0.265 e. The summed E-state index contributed by atoms with van der Waals surface area (Å²) in [6, 6.07) is 6.21. The fourth-order valence-electron chi connectivity index (χ4n) is 2.24. The third-order valence-corrected chi connectivity index (χ3v) is 4.46. The van der Waals surface area contributed by atoms with E-state index in [1.165, 1.54) is 40.3 Å². The van der Waals surface area contributed by atoms with E-state index < -0.39 is 5.82 Å². The molecule has 0 fully saturated rings. The lowest BCUT2D eigenvalue weighted by Crippen LogP contribution is -2.10. The monoisotopic (exact) mass is 276 g/mol. The van der Waals surface area contributed by atoms with Crippen molar-refractivity contribution in [2.24, 2.45) is 0 Å². The summed E-state index contributed by atoms with van der Waals surface area (Å²) < 4.78 is 13.3. The SMILES string of the molecule is Nc1ccc(NC(=O)c2cc3c(s2)CCC3)cc1F. The van der Waals surface area contributed by atoms with E-state index >= 15 is 0 Å². The van der Waals surface area contributed by atoms with Crippen molar-refractivity contribution in [1.29, 1.82) is 0 Å². The van der Waals surface area contributed by atoms with Gasteiger partial charge in [0.15, 0.2) is 0 Å². The van der Waals surface area contributed by atoms with Crippen LogP contribution in [0, 0.1) is 5.82 Å². The quantitative estimate of drug-likeness (QED) is 0.827. The summed E-state index contributed by atoms with van der Waals surface area (Å²) in [5, 5.41) is 2.69. The molecule has 3 N–H and O–H groups in total. The number of halogens is 1. The molecular formula is C14H13FN2OS. The molecule has 0 saturated heterocycles. The molecule has 1 heterocycles. The Morgan fingerprint density at radius 3 is 2.89 bits per heavy atom. The van der Waals surface area contributed by atoms with Crippen molar-refractivity contribution in [2.45, 2.75) is 19.3 Å². The highest BCUT2D eigenvalue weighted by Gasteiger charge is 2.18. The molecule has 1 aliphatic rings. The zero-order valence-corrected chi connectivity index (χ0v) is 11.0. The first kappa shape index (κ1) is 12.2. The molecular weight excluding hydrogens is 263 g/mol. The number of carbonyl (C=O) groups excluding carboxylic acids is 1. The first-order valence-corrected chi connectivity index (χ1v) is 6.93. The van der Waals surface area contributed by atoms with Crippen molar-refractivity contribution < 1.29 is 9.18 Å². The number of amides is 1. The molecule has 0 aliphatic heterocycles. The number of anilines is 2. The number of benzene rings is 1. The van der Waals surface area contributed by atoms with E-state index in [9.17, 15) is 9.18 Å². The molecule has 0 radical (unpaired) electrons. The molecule has 3 rings (SSSR count). The van der Waals surface area contributed by atoms with E-state index in [1.807, 2.05) is 6.07 Å². The van der Waals surface area contributed by atoms with Gasteiger partial charge in [0.2, 0.25) is 0 Å². The van der Waals surface area contributed by atoms with Gasteiger partial charge in [-0.3, -0.25) is 4.79 Å². The molecule has 1 aromatic carbocycles. The Balaban J connectivity index is 1.78. The molecule has 98 valence electrons. The number of carbonyl (C=O) groups is 1. The second kappa shape index (κ2) is 4.66. The highest BCUT2D eigenvalue weighted by atomic mass is 32.1. The fourth-order valence-corrected chi connectivity index (χ4v) is 3.39. The third kappa shape index (κ3) is 2.33. The Bertz CT molecular complexity index is 629. The largest absolute Gasteiger partial charge is 0.396 e. The van der Waals surface area contributed by atoms with Gasteiger partial charge >= 0.3 is 0 Å². The van der Waals surface area contributed by atoms with Gasteiger partial charge in [0, 0.05) is 10.6 Å². The molecule has 0 spiro atoms. The minimum absolute atomic E-state index is 0.0769. The lowest BCUT2D eigenvalue weighted by atomic mass is 10.2. The van der Waals surface area contributed by atoms with E-state index in [-0.39, 0.29) is 11.6 Å².